The molecule has 0 unspecified atom stereocenters. The number of nitriles is 1. The second-order valence-corrected chi connectivity index (χ2v) is 2.45. The van der Waals surface area contributed by atoms with Gasteiger partial charge in [0.1, 0.15) is 7.41 Å². The second kappa shape index (κ2) is 4.02. The molecule has 11 heavy (non-hydrogen) atoms. The van der Waals surface area contributed by atoms with E-state index in [1.54, 1.807) is 17.4 Å². The number of nitrogens with zero attached hydrogens (tertiary/aromatic N) is 1. The van der Waals surface area contributed by atoms with Crippen LogP contribution in [0.2, 0.25) is 5.02 Å². The minimum absolute atomic E-state index is 0.708. The van der Waals surface area contributed by atoms with Crippen LogP contribution in [-0.4, -0.2) is 7.41 Å². The molecule has 0 spiro atoms. The highest BCUT2D eigenvalue weighted by molar-refractivity contribution is 6.35. The molecule has 4 heteroatoms. The molecule has 1 aromatic rings. The highest BCUT2D eigenvalue weighted by Gasteiger charge is 1.88. The molecule has 0 heterocycles. The van der Waals surface area contributed by atoms with E-state index in [-0.39, 0.29) is 0 Å². The number of halogens is 1. The number of hydrogen-bond acceptors (Lipinski definition) is 1. The quantitative estimate of drug-likeness (QED) is 0.506. The van der Waals surface area contributed by atoms with Crippen LogP contribution in [0.4, 0.5) is 5.69 Å². The summed E-state index contributed by atoms with van der Waals surface area (Å²) >= 11 is 5.66. The maximum absolute atomic E-state index is 8.22. The molecule has 0 bridgehead atoms. The fraction of sp³-hybridized carbons (Fsp3) is 0. The van der Waals surface area contributed by atoms with Crippen LogP contribution in [0.3, 0.4) is 0 Å². The van der Waals surface area contributed by atoms with Crippen LogP contribution in [0.5, 0.6) is 0 Å². The molecule has 2 radical (unpaired) electrons. The van der Waals surface area contributed by atoms with Gasteiger partial charge in [-0.1, -0.05) is 11.6 Å². The molecule has 2 N–H and O–H groups in total. The van der Waals surface area contributed by atoms with Crippen LogP contribution in [0.25, 0.3) is 0 Å². The van der Waals surface area contributed by atoms with Gasteiger partial charge in [-0.3, -0.25) is 0 Å². The van der Waals surface area contributed by atoms with Crippen molar-refractivity contribution < 1.29 is 5.23 Å². The fourth-order valence-electron chi connectivity index (χ4n) is 0.707. The second-order valence-electron chi connectivity index (χ2n) is 2.01. The predicted octanol–water partition coefficient (Wildman–Crippen LogP) is 0.635. The molecule has 0 saturated heterocycles. The lowest BCUT2D eigenvalue weighted by atomic mass is 9.98. The molecule has 0 saturated carbocycles. The van der Waals surface area contributed by atoms with Gasteiger partial charge in [-0.05, 0) is 24.3 Å². The highest BCUT2D eigenvalue weighted by atomic mass is 35.5. The molecule has 1 rings (SSSR count). The van der Waals surface area contributed by atoms with Crippen LogP contribution >= 0.6 is 11.6 Å². The lowest BCUT2D eigenvalue weighted by Crippen LogP contribution is -2.80. The molecular weight excluding hydrogens is 158 g/mol. The molecule has 0 aromatic heterocycles. The number of hydrogen-bond donors (Lipinski definition) is 1. The number of quaternary nitrogens is 1. The Balaban J connectivity index is 2.60. The SMILES string of the molecule is N#C[B-][NH2+]c1ccc(Cl)cc1. The van der Waals surface area contributed by atoms with E-state index in [0.717, 1.165) is 5.69 Å². The molecule has 0 fully saturated rings. The van der Waals surface area contributed by atoms with Gasteiger partial charge in [0.15, 0.2) is 0 Å². The topological polar surface area (TPSA) is 40.4 Å². The zero-order chi connectivity index (χ0) is 8.10. The Morgan fingerprint density at radius 3 is 2.55 bits per heavy atom. The van der Waals surface area contributed by atoms with Crippen LogP contribution in [0, 0.1) is 11.2 Å². The summed E-state index contributed by atoms with van der Waals surface area (Å²) < 4.78 is 0. The number of rotatable bonds is 2. The van der Waals surface area contributed by atoms with Crippen molar-refractivity contribution in [3.8, 4) is 5.97 Å². The first kappa shape index (κ1) is 8.12. The summed E-state index contributed by atoms with van der Waals surface area (Å²) in [6, 6.07) is 7.30. The summed E-state index contributed by atoms with van der Waals surface area (Å²) in [6.07, 6.45) is 0. The van der Waals surface area contributed by atoms with Crippen molar-refractivity contribution in [1.29, 1.82) is 5.26 Å². The van der Waals surface area contributed by atoms with E-state index in [1.807, 2.05) is 18.1 Å². The Morgan fingerprint density at radius 2 is 2.00 bits per heavy atom. The largest absolute Gasteiger partial charge is 0.535 e. The van der Waals surface area contributed by atoms with Gasteiger partial charge in [0, 0.05) is 5.02 Å². The van der Waals surface area contributed by atoms with E-state index in [2.05, 4.69) is 0 Å². The third-order valence-electron chi connectivity index (χ3n) is 1.22. The molecule has 0 aliphatic carbocycles. The van der Waals surface area contributed by atoms with Crippen molar-refractivity contribution in [1.82, 2.24) is 0 Å². The average Bonchev–Trinajstić information content (AvgIpc) is 2.04. The average molecular weight is 164 g/mol. The molecule has 0 aliphatic heterocycles. The molecule has 0 amide bonds. The summed E-state index contributed by atoms with van der Waals surface area (Å²) in [5.74, 6) is 1.92. The summed E-state index contributed by atoms with van der Waals surface area (Å²) in [7, 11) is 1.43. The zero-order valence-electron chi connectivity index (χ0n) is 5.79. The van der Waals surface area contributed by atoms with Crippen molar-refractivity contribution >= 4 is 24.7 Å². The Hall–Kier alpha value is -0.975. The molecule has 54 valence electrons. The zero-order valence-corrected chi connectivity index (χ0v) is 6.55. The lowest BCUT2D eigenvalue weighted by molar-refractivity contribution is -0.412. The molecule has 1 aromatic carbocycles. The summed E-state index contributed by atoms with van der Waals surface area (Å²) in [5, 5.41) is 10.7. The normalized spacial score (nSPS) is 9.09. The standard InChI is InChI=1S/C7H6BClN2/c9-6-1-3-7(4-2-6)11-8-5-10/h1-4H,11H2. The minimum Gasteiger partial charge on any atom is -0.535 e. The number of nitrogens with two attached hydrogens (primary N) is 1. The first-order valence-corrected chi connectivity index (χ1v) is 3.52. The van der Waals surface area contributed by atoms with Gasteiger partial charge in [0.05, 0.1) is 5.69 Å². The molecular formula is C7H6BClN2. The van der Waals surface area contributed by atoms with Crippen molar-refractivity contribution in [3.05, 3.63) is 29.3 Å². The van der Waals surface area contributed by atoms with E-state index in [9.17, 15) is 0 Å². The summed E-state index contributed by atoms with van der Waals surface area (Å²) in [4.78, 5) is 0. The smallest absolute Gasteiger partial charge is 0.128 e. The summed E-state index contributed by atoms with van der Waals surface area (Å²) in [6.45, 7) is 0. The van der Waals surface area contributed by atoms with E-state index in [1.165, 1.54) is 7.41 Å². The van der Waals surface area contributed by atoms with Crippen LogP contribution < -0.4 is 5.23 Å². The van der Waals surface area contributed by atoms with Crippen LogP contribution in [-0.2, 0) is 0 Å². The summed E-state index contributed by atoms with van der Waals surface area (Å²) in [5.41, 5.74) is 0.982. The van der Waals surface area contributed by atoms with Gasteiger partial charge in [0.25, 0.3) is 0 Å². The Labute approximate surface area is 71.1 Å². The molecule has 0 atom stereocenters. The third kappa shape index (κ3) is 2.63. The van der Waals surface area contributed by atoms with Crippen molar-refractivity contribution in [2.75, 3.05) is 0 Å². The fourth-order valence-corrected chi connectivity index (χ4v) is 0.833. The van der Waals surface area contributed by atoms with Gasteiger partial charge in [0.2, 0.25) is 0 Å². The van der Waals surface area contributed by atoms with Crippen molar-refractivity contribution in [2.24, 2.45) is 0 Å². The molecule has 0 aliphatic rings. The molecule has 2 nitrogen and oxygen atoms in total. The van der Waals surface area contributed by atoms with Crippen LogP contribution in [0.1, 0.15) is 0 Å². The maximum Gasteiger partial charge on any atom is 0.128 e. The maximum atomic E-state index is 8.22. The van der Waals surface area contributed by atoms with Gasteiger partial charge < -0.3 is 5.23 Å². The van der Waals surface area contributed by atoms with Crippen molar-refractivity contribution in [3.63, 3.8) is 0 Å². The minimum atomic E-state index is 0.708. The van der Waals surface area contributed by atoms with Gasteiger partial charge >= 0.3 is 0 Å². The van der Waals surface area contributed by atoms with E-state index in [0.29, 0.717) is 5.02 Å². The third-order valence-corrected chi connectivity index (χ3v) is 1.47. The predicted molar refractivity (Wildman–Crippen MR) is 44.4 cm³/mol. The Morgan fingerprint density at radius 1 is 1.36 bits per heavy atom. The first-order valence-electron chi connectivity index (χ1n) is 3.14. The van der Waals surface area contributed by atoms with E-state index < -0.39 is 0 Å². The van der Waals surface area contributed by atoms with Gasteiger partial charge in [-0.25, -0.2) is 5.26 Å². The monoisotopic (exact) mass is 164 g/mol. The van der Waals surface area contributed by atoms with E-state index >= 15 is 0 Å². The Bertz CT molecular complexity index is 265. The van der Waals surface area contributed by atoms with E-state index in [4.69, 9.17) is 16.9 Å². The Kier molecular flexibility index (Phi) is 2.97. The van der Waals surface area contributed by atoms with Gasteiger partial charge in [-0.2, -0.15) is 0 Å². The lowest BCUT2D eigenvalue weighted by Gasteiger charge is -2.02. The number of benzene rings is 1. The van der Waals surface area contributed by atoms with Crippen LogP contribution in [0.15, 0.2) is 24.3 Å². The first-order chi connectivity index (χ1) is 5.33. The van der Waals surface area contributed by atoms with Crippen molar-refractivity contribution in [2.45, 2.75) is 0 Å². The van der Waals surface area contributed by atoms with Gasteiger partial charge in [-0.15, -0.1) is 5.97 Å². The highest BCUT2D eigenvalue weighted by Crippen LogP contribution is 2.08.